The van der Waals surface area contributed by atoms with Gasteiger partial charge in [-0.3, -0.25) is 0 Å². The van der Waals surface area contributed by atoms with Gasteiger partial charge in [-0.2, -0.15) is 0 Å². The minimum absolute atomic E-state index is 0.0927. The maximum absolute atomic E-state index is 10.9. The van der Waals surface area contributed by atoms with Crippen molar-refractivity contribution in [2.45, 2.75) is 32.4 Å². The number of rotatable bonds is 8. The highest BCUT2D eigenvalue weighted by Gasteiger charge is 2.39. The Kier molecular flexibility index (Phi) is 6.50. The van der Waals surface area contributed by atoms with E-state index in [2.05, 4.69) is 60.7 Å². The first-order chi connectivity index (χ1) is 11.2. The summed E-state index contributed by atoms with van der Waals surface area (Å²) in [5.74, 6) is 0. The first-order valence-corrected chi connectivity index (χ1v) is 10.2. The number of hydrogen-bond donors (Lipinski definition) is 0. The summed E-state index contributed by atoms with van der Waals surface area (Å²) in [5.41, 5.74) is 0. The summed E-state index contributed by atoms with van der Waals surface area (Å²) in [6, 6.07) is 21.7. The normalized spacial score (nSPS) is 13.1. The van der Waals surface area contributed by atoms with Crippen LogP contribution >= 0.6 is 0 Å². The van der Waals surface area contributed by atoms with Gasteiger partial charge in [-0.1, -0.05) is 72.8 Å². The molecule has 0 saturated heterocycles. The van der Waals surface area contributed by atoms with Gasteiger partial charge in [0, 0.05) is 12.5 Å². The van der Waals surface area contributed by atoms with Crippen LogP contribution in [0.2, 0.25) is 6.04 Å². The molecule has 0 aliphatic heterocycles. The number of carbonyl (C=O) groups excluding carboxylic acids is 1. The van der Waals surface area contributed by atoms with Gasteiger partial charge in [0.1, 0.15) is 6.29 Å². The van der Waals surface area contributed by atoms with Crippen molar-refractivity contribution in [1.82, 2.24) is 0 Å². The molecule has 1 unspecified atom stereocenters. The van der Waals surface area contributed by atoms with E-state index in [9.17, 15) is 4.79 Å². The second-order valence-electron chi connectivity index (χ2n) is 5.66. The molecule has 0 radical (unpaired) electrons. The molecule has 0 aliphatic rings. The van der Waals surface area contributed by atoms with Crippen LogP contribution in [0.4, 0.5) is 0 Å². The van der Waals surface area contributed by atoms with Crippen LogP contribution in [0.5, 0.6) is 0 Å². The molecule has 0 spiro atoms. The number of allylic oxidation sites excluding steroid dienone is 2. The van der Waals surface area contributed by atoms with Crippen molar-refractivity contribution in [3.8, 4) is 0 Å². The fourth-order valence-corrected chi connectivity index (χ4v) is 6.80. The van der Waals surface area contributed by atoms with Gasteiger partial charge < -0.3 is 9.22 Å². The zero-order valence-electron chi connectivity index (χ0n) is 13.8. The quantitative estimate of drug-likeness (QED) is 0.423. The van der Waals surface area contributed by atoms with E-state index in [1.165, 1.54) is 10.4 Å². The lowest BCUT2D eigenvalue weighted by Crippen LogP contribution is -2.61. The standard InChI is InChI=1S/C20H24O2Si/c1-3-4-17-23(22-18(2)15-16-21,19-11-7-5-8-12-19)20-13-9-6-10-14-20/h3-14,16,18H,15,17H2,1-2H3/b4-3-. The van der Waals surface area contributed by atoms with E-state index in [0.29, 0.717) is 6.42 Å². The molecular weight excluding hydrogens is 300 g/mol. The zero-order chi connectivity index (χ0) is 16.5. The van der Waals surface area contributed by atoms with Gasteiger partial charge in [0.15, 0.2) is 0 Å². The molecular formula is C20H24O2Si. The third kappa shape index (κ3) is 4.27. The molecule has 0 aromatic heterocycles. The summed E-state index contributed by atoms with van der Waals surface area (Å²) in [6.07, 6.45) is 5.52. The highest BCUT2D eigenvalue weighted by atomic mass is 28.4. The van der Waals surface area contributed by atoms with Crippen LogP contribution in [0.3, 0.4) is 0 Å². The Labute approximate surface area is 139 Å². The van der Waals surface area contributed by atoms with Crippen LogP contribution in [0, 0.1) is 0 Å². The van der Waals surface area contributed by atoms with Gasteiger partial charge in [-0.15, -0.1) is 0 Å². The third-order valence-electron chi connectivity index (χ3n) is 3.95. The minimum atomic E-state index is -2.41. The van der Waals surface area contributed by atoms with Crippen LogP contribution in [-0.4, -0.2) is 20.7 Å². The Hall–Kier alpha value is -1.97. The molecule has 1 atom stereocenters. The van der Waals surface area contributed by atoms with E-state index >= 15 is 0 Å². The largest absolute Gasteiger partial charge is 0.405 e. The van der Waals surface area contributed by atoms with E-state index < -0.39 is 8.32 Å². The Morgan fingerprint density at radius 1 is 1.00 bits per heavy atom. The molecule has 2 aromatic carbocycles. The van der Waals surface area contributed by atoms with Crippen molar-refractivity contribution >= 4 is 25.0 Å². The van der Waals surface area contributed by atoms with Gasteiger partial charge in [0.2, 0.25) is 0 Å². The predicted molar refractivity (Wildman–Crippen MR) is 98.8 cm³/mol. The molecule has 0 fully saturated rings. The van der Waals surface area contributed by atoms with Crippen molar-refractivity contribution < 1.29 is 9.22 Å². The average molecular weight is 324 g/mol. The molecule has 0 aliphatic carbocycles. The predicted octanol–water partition coefficient (Wildman–Crippen LogP) is 3.32. The second-order valence-corrected chi connectivity index (χ2v) is 9.12. The first-order valence-electron chi connectivity index (χ1n) is 8.06. The summed E-state index contributed by atoms with van der Waals surface area (Å²) in [4.78, 5) is 10.9. The van der Waals surface area contributed by atoms with Gasteiger partial charge in [-0.05, 0) is 30.3 Å². The van der Waals surface area contributed by atoms with E-state index in [0.717, 1.165) is 12.3 Å². The summed E-state index contributed by atoms with van der Waals surface area (Å²) in [6.45, 7) is 4.02. The van der Waals surface area contributed by atoms with Gasteiger partial charge in [0.25, 0.3) is 8.32 Å². The van der Waals surface area contributed by atoms with Crippen LogP contribution in [0.1, 0.15) is 20.3 Å². The Morgan fingerprint density at radius 3 is 1.96 bits per heavy atom. The van der Waals surface area contributed by atoms with Crippen LogP contribution in [0.25, 0.3) is 0 Å². The van der Waals surface area contributed by atoms with Crippen molar-refractivity contribution in [3.63, 3.8) is 0 Å². The van der Waals surface area contributed by atoms with Crippen molar-refractivity contribution in [2.75, 3.05) is 0 Å². The highest BCUT2D eigenvalue weighted by Crippen LogP contribution is 2.17. The van der Waals surface area contributed by atoms with Crippen molar-refractivity contribution in [2.24, 2.45) is 0 Å². The number of hydrogen-bond acceptors (Lipinski definition) is 2. The van der Waals surface area contributed by atoms with Crippen LogP contribution in [0.15, 0.2) is 72.8 Å². The van der Waals surface area contributed by atoms with E-state index in [1.807, 2.05) is 26.0 Å². The third-order valence-corrected chi connectivity index (χ3v) is 8.10. The lowest BCUT2D eigenvalue weighted by atomic mass is 10.3. The molecule has 0 N–H and O–H groups in total. The topological polar surface area (TPSA) is 26.3 Å². The van der Waals surface area contributed by atoms with E-state index in [-0.39, 0.29) is 6.10 Å². The summed E-state index contributed by atoms with van der Waals surface area (Å²) in [5, 5.41) is 2.48. The Morgan fingerprint density at radius 2 is 1.52 bits per heavy atom. The highest BCUT2D eigenvalue weighted by molar-refractivity contribution is 6.97. The fourth-order valence-electron chi connectivity index (χ4n) is 2.81. The Bertz CT molecular complexity index is 583. The van der Waals surface area contributed by atoms with Gasteiger partial charge >= 0.3 is 0 Å². The molecule has 0 amide bonds. The number of carbonyl (C=O) groups is 1. The molecule has 0 saturated carbocycles. The first kappa shape index (κ1) is 17.4. The smallest absolute Gasteiger partial charge is 0.259 e. The second kappa shape index (κ2) is 8.60. The molecule has 23 heavy (non-hydrogen) atoms. The molecule has 0 heterocycles. The lowest BCUT2D eigenvalue weighted by molar-refractivity contribution is -0.109. The van der Waals surface area contributed by atoms with Gasteiger partial charge in [-0.25, -0.2) is 0 Å². The average Bonchev–Trinajstić information content (AvgIpc) is 2.60. The number of benzene rings is 2. The van der Waals surface area contributed by atoms with E-state index in [4.69, 9.17) is 4.43 Å². The lowest BCUT2D eigenvalue weighted by Gasteiger charge is -2.34. The monoisotopic (exact) mass is 324 g/mol. The van der Waals surface area contributed by atoms with E-state index in [1.54, 1.807) is 0 Å². The molecule has 0 bridgehead atoms. The molecule has 120 valence electrons. The molecule has 2 aromatic rings. The van der Waals surface area contributed by atoms with Gasteiger partial charge in [0.05, 0.1) is 0 Å². The number of aldehydes is 1. The van der Waals surface area contributed by atoms with Crippen LogP contribution in [-0.2, 0) is 9.22 Å². The summed E-state index contributed by atoms with van der Waals surface area (Å²) in [7, 11) is -2.41. The summed E-state index contributed by atoms with van der Waals surface area (Å²) >= 11 is 0. The Balaban J connectivity index is 2.55. The van der Waals surface area contributed by atoms with Crippen molar-refractivity contribution in [1.29, 1.82) is 0 Å². The zero-order valence-corrected chi connectivity index (χ0v) is 14.8. The molecule has 2 rings (SSSR count). The maximum atomic E-state index is 10.9. The van der Waals surface area contributed by atoms with Crippen LogP contribution < -0.4 is 10.4 Å². The fraction of sp³-hybridized carbons (Fsp3) is 0.250. The molecule has 3 heteroatoms. The minimum Gasteiger partial charge on any atom is -0.405 e. The molecule has 2 nitrogen and oxygen atoms in total. The SMILES string of the molecule is C/C=C\C[Si](OC(C)CC=O)(c1ccccc1)c1ccccc1. The maximum Gasteiger partial charge on any atom is 0.259 e. The summed E-state index contributed by atoms with van der Waals surface area (Å²) < 4.78 is 6.61. The van der Waals surface area contributed by atoms with Crippen molar-refractivity contribution in [3.05, 3.63) is 72.8 Å².